The van der Waals surface area contributed by atoms with Crippen LogP contribution >= 0.6 is 0 Å². The van der Waals surface area contributed by atoms with Crippen molar-refractivity contribution in [3.05, 3.63) is 77.5 Å². The molecule has 1 saturated carbocycles. The molecule has 10 nitrogen and oxygen atoms in total. The number of hydrogen-bond acceptors (Lipinski definition) is 7. The first kappa shape index (κ1) is 27.0. The van der Waals surface area contributed by atoms with Crippen molar-refractivity contribution in [2.45, 2.75) is 57.3 Å². The maximum atomic E-state index is 13.5. The summed E-state index contributed by atoms with van der Waals surface area (Å²) in [4.78, 5) is 47.3. The van der Waals surface area contributed by atoms with Gasteiger partial charge in [-0.05, 0) is 61.6 Å². The Morgan fingerprint density at radius 1 is 1.05 bits per heavy atom. The van der Waals surface area contributed by atoms with Gasteiger partial charge >= 0.3 is 0 Å². The van der Waals surface area contributed by atoms with Crippen molar-refractivity contribution in [2.75, 3.05) is 26.2 Å². The molecule has 0 unspecified atom stereocenters. The molecule has 41 heavy (non-hydrogen) atoms. The van der Waals surface area contributed by atoms with Crippen molar-refractivity contribution in [3.63, 3.8) is 0 Å². The van der Waals surface area contributed by atoms with E-state index < -0.39 is 6.04 Å². The Morgan fingerprint density at radius 2 is 1.80 bits per heavy atom. The van der Waals surface area contributed by atoms with Crippen LogP contribution in [0.2, 0.25) is 0 Å². The lowest BCUT2D eigenvalue weighted by Crippen LogP contribution is -2.58. The van der Waals surface area contributed by atoms with E-state index in [0.717, 1.165) is 24.0 Å². The highest BCUT2D eigenvalue weighted by Gasteiger charge is 2.38. The lowest BCUT2D eigenvalue weighted by Gasteiger charge is -2.39. The van der Waals surface area contributed by atoms with Crippen LogP contribution in [0.3, 0.4) is 0 Å². The number of oxazole rings is 1. The number of amides is 3. The van der Waals surface area contributed by atoms with Gasteiger partial charge in [0, 0.05) is 25.6 Å². The number of carbonyl (C=O) groups excluding carboxylic acids is 3. The number of nitrogens with one attached hydrogen (secondary N) is 1. The SMILES string of the molecule is CCN1CC(=O)N[C@H]2CN(C(=O)c3ncoc3C3CC3)CC[C@@H]2OCc2cccc(c2)Oc2cccc(c2)CC1=O. The van der Waals surface area contributed by atoms with Gasteiger partial charge in [0.1, 0.15) is 17.3 Å². The van der Waals surface area contributed by atoms with Gasteiger partial charge in [0.05, 0.1) is 31.7 Å². The fourth-order valence-electron chi connectivity index (χ4n) is 5.50. The molecule has 2 atom stereocenters. The fraction of sp³-hybridized carbons (Fsp3) is 0.419. The predicted octanol–water partition coefficient (Wildman–Crippen LogP) is 3.67. The second-order valence-corrected chi connectivity index (χ2v) is 10.9. The molecule has 2 fully saturated rings. The molecule has 2 aromatic carbocycles. The van der Waals surface area contributed by atoms with Crippen LogP contribution in [0.5, 0.6) is 11.5 Å². The van der Waals surface area contributed by atoms with Crippen LogP contribution in [-0.2, 0) is 27.4 Å². The molecule has 1 saturated heterocycles. The minimum atomic E-state index is -0.463. The molecular formula is C31H34N4O6. The summed E-state index contributed by atoms with van der Waals surface area (Å²) in [6.45, 7) is 3.20. The topological polar surface area (TPSA) is 114 Å². The van der Waals surface area contributed by atoms with Crippen molar-refractivity contribution >= 4 is 17.7 Å². The van der Waals surface area contributed by atoms with E-state index in [4.69, 9.17) is 13.9 Å². The van der Waals surface area contributed by atoms with Crippen LogP contribution in [0.15, 0.2) is 59.3 Å². The van der Waals surface area contributed by atoms with Crippen molar-refractivity contribution in [3.8, 4) is 11.5 Å². The Hall–Kier alpha value is -4.18. The van der Waals surface area contributed by atoms with E-state index in [1.165, 1.54) is 11.3 Å². The third-order valence-corrected chi connectivity index (χ3v) is 7.85. The quantitative estimate of drug-likeness (QED) is 0.522. The number of aromatic nitrogens is 1. The van der Waals surface area contributed by atoms with E-state index in [2.05, 4.69) is 10.3 Å². The van der Waals surface area contributed by atoms with Gasteiger partial charge in [-0.2, -0.15) is 0 Å². The zero-order valence-corrected chi connectivity index (χ0v) is 23.1. The average Bonchev–Trinajstić information content (AvgIpc) is 3.70. The van der Waals surface area contributed by atoms with Crippen molar-refractivity contribution < 1.29 is 28.3 Å². The predicted molar refractivity (Wildman–Crippen MR) is 148 cm³/mol. The molecule has 10 heteroatoms. The maximum absolute atomic E-state index is 13.5. The number of ether oxygens (including phenoxy) is 2. The molecule has 3 amide bonds. The molecule has 0 radical (unpaired) electrons. The van der Waals surface area contributed by atoms with E-state index in [1.54, 1.807) is 4.90 Å². The van der Waals surface area contributed by atoms with Crippen LogP contribution in [-0.4, -0.2) is 70.8 Å². The van der Waals surface area contributed by atoms with Gasteiger partial charge in [-0.1, -0.05) is 24.3 Å². The van der Waals surface area contributed by atoms with Gasteiger partial charge in [0.25, 0.3) is 5.91 Å². The zero-order valence-electron chi connectivity index (χ0n) is 23.1. The van der Waals surface area contributed by atoms with E-state index in [1.807, 2.05) is 55.5 Å². The average molecular weight is 559 g/mol. The normalized spacial score (nSPS) is 21.9. The summed E-state index contributed by atoms with van der Waals surface area (Å²) in [5.41, 5.74) is 2.08. The molecular weight excluding hydrogens is 524 g/mol. The van der Waals surface area contributed by atoms with Crippen LogP contribution in [0.1, 0.15) is 59.5 Å². The number of carbonyl (C=O) groups is 3. The molecule has 214 valence electrons. The number of hydrogen-bond donors (Lipinski definition) is 1. The molecule has 0 spiro atoms. The molecule has 4 bridgehead atoms. The summed E-state index contributed by atoms with van der Waals surface area (Å²) in [6.07, 6.45) is 3.67. The number of fused-ring (bicyclic) bond motifs is 5. The molecule has 6 rings (SSSR count). The Kier molecular flexibility index (Phi) is 7.74. The summed E-state index contributed by atoms with van der Waals surface area (Å²) in [7, 11) is 0. The number of likely N-dealkylation sites (tertiary alicyclic amines) is 1. The highest BCUT2D eigenvalue weighted by molar-refractivity contribution is 5.93. The summed E-state index contributed by atoms with van der Waals surface area (Å²) in [5.74, 6) is 1.55. The lowest BCUT2D eigenvalue weighted by molar-refractivity contribution is -0.136. The third-order valence-electron chi connectivity index (χ3n) is 7.85. The Bertz CT molecular complexity index is 1430. The maximum Gasteiger partial charge on any atom is 0.276 e. The standard InChI is InChI=1S/C31H34N4O6/c1-2-34-17-27(36)33-25-16-35(31(38)29-30(22-9-10-22)40-19-32-29)12-11-26(25)39-18-21-6-4-8-24(14-21)41-23-7-3-5-20(13-23)15-28(34)37/h3-8,13-14,19,22,25-26H,2,9-12,15-18H2,1H3,(H,33,36)/t25-,26-/m0/s1. The van der Waals surface area contributed by atoms with E-state index in [0.29, 0.717) is 49.1 Å². The summed E-state index contributed by atoms with van der Waals surface area (Å²) in [5, 5.41) is 3.07. The highest BCUT2D eigenvalue weighted by Crippen LogP contribution is 2.41. The van der Waals surface area contributed by atoms with Crippen molar-refractivity contribution in [1.82, 2.24) is 20.1 Å². The molecule has 3 aromatic rings. The van der Waals surface area contributed by atoms with Crippen molar-refractivity contribution in [2.24, 2.45) is 0 Å². The molecule has 1 N–H and O–H groups in total. The number of nitrogens with zero attached hydrogens (tertiary/aromatic N) is 3. The van der Waals surface area contributed by atoms with Gasteiger partial charge in [0.2, 0.25) is 11.8 Å². The fourth-order valence-corrected chi connectivity index (χ4v) is 5.50. The Labute approximate surface area is 238 Å². The zero-order chi connectivity index (χ0) is 28.3. The first-order valence-corrected chi connectivity index (χ1v) is 14.2. The van der Waals surface area contributed by atoms with Crippen LogP contribution in [0, 0.1) is 0 Å². The van der Waals surface area contributed by atoms with Gasteiger partial charge < -0.3 is 29.0 Å². The molecule has 2 aliphatic heterocycles. The largest absolute Gasteiger partial charge is 0.457 e. The molecule has 1 aromatic heterocycles. The number of piperidine rings is 1. The second-order valence-electron chi connectivity index (χ2n) is 10.9. The minimum absolute atomic E-state index is 0.0847. The second kappa shape index (κ2) is 11.7. The van der Waals surface area contributed by atoms with Crippen LogP contribution < -0.4 is 10.1 Å². The first-order valence-electron chi connectivity index (χ1n) is 14.2. The molecule has 3 aliphatic rings. The van der Waals surface area contributed by atoms with Gasteiger partial charge in [0.15, 0.2) is 12.1 Å². The van der Waals surface area contributed by atoms with Crippen molar-refractivity contribution in [1.29, 1.82) is 0 Å². The molecule has 3 heterocycles. The minimum Gasteiger partial charge on any atom is -0.457 e. The number of likely N-dealkylation sites (N-methyl/N-ethyl adjacent to an activating group) is 1. The third kappa shape index (κ3) is 6.27. The number of benzene rings is 2. The Morgan fingerprint density at radius 3 is 2.56 bits per heavy atom. The Balaban J connectivity index is 1.25. The smallest absolute Gasteiger partial charge is 0.276 e. The lowest BCUT2D eigenvalue weighted by atomic mass is 10.0. The summed E-state index contributed by atoms with van der Waals surface area (Å²) < 4.78 is 18.0. The van der Waals surface area contributed by atoms with Gasteiger partial charge in [-0.3, -0.25) is 14.4 Å². The summed E-state index contributed by atoms with van der Waals surface area (Å²) >= 11 is 0. The van der Waals surface area contributed by atoms with Gasteiger partial charge in [-0.15, -0.1) is 0 Å². The van der Waals surface area contributed by atoms with E-state index in [-0.39, 0.29) is 49.3 Å². The molecule has 1 aliphatic carbocycles. The van der Waals surface area contributed by atoms with Gasteiger partial charge in [-0.25, -0.2) is 4.98 Å². The van der Waals surface area contributed by atoms with E-state index in [9.17, 15) is 14.4 Å². The number of rotatable bonds is 3. The van der Waals surface area contributed by atoms with E-state index >= 15 is 0 Å². The highest BCUT2D eigenvalue weighted by atomic mass is 16.5. The first-order chi connectivity index (χ1) is 20.0. The monoisotopic (exact) mass is 558 g/mol. The van der Waals surface area contributed by atoms with Crippen LogP contribution in [0.25, 0.3) is 0 Å². The van der Waals surface area contributed by atoms with Crippen LogP contribution in [0.4, 0.5) is 0 Å². The summed E-state index contributed by atoms with van der Waals surface area (Å²) in [6, 6.07) is 14.6.